The van der Waals surface area contributed by atoms with Gasteiger partial charge in [-0.25, -0.2) is 0 Å². The molecule has 1 aliphatic heterocycles. The van der Waals surface area contributed by atoms with E-state index in [1.807, 2.05) is 0 Å². The van der Waals surface area contributed by atoms with Gasteiger partial charge in [0.25, 0.3) is 6.47 Å². The molecule has 3 rings (SSSR count). The Kier molecular flexibility index (Phi) is 12.2. The quantitative estimate of drug-likeness (QED) is 0.213. The minimum Gasteiger partial charge on any atom is -0.468 e. The first-order chi connectivity index (χ1) is 16.8. The van der Waals surface area contributed by atoms with Gasteiger partial charge in [0, 0.05) is 36.9 Å². The third-order valence-electron chi connectivity index (χ3n) is 7.40. The highest BCUT2D eigenvalue weighted by Crippen LogP contribution is 2.41. The highest BCUT2D eigenvalue weighted by Gasteiger charge is 2.44. The van der Waals surface area contributed by atoms with Gasteiger partial charge in [0.05, 0.1) is 6.61 Å². The lowest BCUT2D eigenvalue weighted by molar-refractivity contribution is -0.128. The summed E-state index contributed by atoms with van der Waals surface area (Å²) in [4.78, 5) is 24.8. The maximum absolute atomic E-state index is 12.1. The third kappa shape index (κ3) is 8.57. The zero-order chi connectivity index (χ0) is 23.8. The largest absolute Gasteiger partial charge is 0.468 e. The van der Waals surface area contributed by atoms with Crippen LogP contribution in [0.2, 0.25) is 0 Å². The Morgan fingerprint density at radius 3 is 1.91 bits per heavy atom. The monoisotopic (exact) mass is 468 g/mol. The fraction of sp³-hybridized carbons (Fsp3) is 0.655. The van der Waals surface area contributed by atoms with Gasteiger partial charge in [-0.15, -0.1) is 0 Å². The number of nitrogens with one attached hydrogen (secondary N) is 1. The summed E-state index contributed by atoms with van der Waals surface area (Å²) >= 11 is 0. The van der Waals surface area contributed by atoms with Crippen LogP contribution in [0.25, 0.3) is 0 Å². The second-order valence-electron chi connectivity index (χ2n) is 9.87. The highest BCUT2D eigenvalue weighted by atomic mass is 16.5. The molecule has 4 unspecified atom stereocenters. The van der Waals surface area contributed by atoms with Crippen LogP contribution in [-0.4, -0.2) is 49.1 Å². The summed E-state index contributed by atoms with van der Waals surface area (Å²) in [7, 11) is 0. The standard InChI is InChI=1S/C29H44N2O3/c32-24-34-23-15-7-5-3-1-2-4-6-8-20-29(33)30-21-13-14-22-31-27-18-11-9-16-25(27)26-17-10-12-19-28(26)31/h9-12,16-19,24-28H,1-8,13-15,20-23H2,(H,30,33). The van der Waals surface area contributed by atoms with Crippen LogP contribution in [0.5, 0.6) is 0 Å². The van der Waals surface area contributed by atoms with Crippen molar-refractivity contribution in [2.75, 3.05) is 19.7 Å². The van der Waals surface area contributed by atoms with E-state index < -0.39 is 0 Å². The number of amides is 1. The molecule has 1 amide bonds. The van der Waals surface area contributed by atoms with Crippen molar-refractivity contribution in [2.24, 2.45) is 11.8 Å². The van der Waals surface area contributed by atoms with E-state index >= 15 is 0 Å². The molecule has 5 nitrogen and oxygen atoms in total. The first-order valence-corrected chi connectivity index (χ1v) is 13.6. The molecule has 3 aliphatic rings. The fourth-order valence-electron chi connectivity index (χ4n) is 5.59. The Labute approximate surface area is 206 Å². The van der Waals surface area contributed by atoms with Gasteiger partial charge in [-0.2, -0.15) is 0 Å². The molecule has 0 aromatic heterocycles. The molecule has 188 valence electrons. The number of unbranched alkanes of at least 4 members (excludes halogenated alkanes) is 9. The Bertz CT molecular complexity index is 693. The number of allylic oxidation sites excluding steroid dienone is 4. The van der Waals surface area contributed by atoms with Crippen molar-refractivity contribution < 1.29 is 14.3 Å². The van der Waals surface area contributed by atoms with E-state index in [0.717, 1.165) is 51.6 Å². The van der Waals surface area contributed by atoms with Gasteiger partial charge in [-0.05, 0) is 32.2 Å². The van der Waals surface area contributed by atoms with Gasteiger partial charge in [0.15, 0.2) is 0 Å². The van der Waals surface area contributed by atoms with Gasteiger partial charge >= 0.3 is 0 Å². The van der Waals surface area contributed by atoms with Crippen LogP contribution in [-0.2, 0) is 14.3 Å². The van der Waals surface area contributed by atoms with Crippen LogP contribution >= 0.6 is 0 Å². The first-order valence-electron chi connectivity index (χ1n) is 13.6. The van der Waals surface area contributed by atoms with Crippen LogP contribution in [0.1, 0.15) is 77.0 Å². The molecule has 5 heteroatoms. The fourth-order valence-corrected chi connectivity index (χ4v) is 5.59. The van der Waals surface area contributed by atoms with E-state index in [9.17, 15) is 9.59 Å². The Morgan fingerprint density at radius 2 is 1.29 bits per heavy atom. The maximum atomic E-state index is 12.1. The van der Waals surface area contributed by atoms with Gasteiger partial charge in [-0.3, -0.25) is 14.5 Å². The first kappa shape index (κ1) is 26.5. The molecule has 1 N–H and O–H groups in total. The number of ether oxygens (including phenoxy) is 1. The van der Waals surface area contributed by atoms with Crippen LogP contribution < -0.4 is 5.32 Å². The van der Waals surface area contributed by atoms with Crippen molar-refractivity contribution in [3.8, 4) is 0 Å². The summed E-state index contributed by atoms with van der Waals surface area (Å²) in [6.45, 7) is 2.95. The van der Waals surface area contributed by atoms with Crippen molar-refractivity contribution in [1.29, 1.82) is 0 Å². The second-order valence-corrected chi connectivity index (χ2v) is 9.87. The second kappa shape index (κ2) is 15.7. The number of hydrogen-bond donors (Lipinski definition) is 1. The predicted octanol–water partition coefficient (Wildman–Crippen LogP) is 5.49. The number of hydrogen-bond acceptors (Lipinski definition) is 4. The van der Waals surface area contributed by atoms with Crippen molar-refractivity contribution in [2.45, 2.75) is 89.1 Å². The van der Waals surface area contributed by atoms with Crippen LogP contribution in [0.4, 0.5) is 0 Å². The molecule has 0 bridgehead atoms. The third-order valence-corrected chi connectivity index (χ3v) is 7.40. The van der Waals surface area contributed by atoms with Crippen molar-refractivity contribution in [3.63, 3.8) is 0 Å². The molecule has 34 heavy (non-hydrogen) atoms. The number of rotatable bonds is 18. The molecule has 0 aromatic rings. The molecule has 0 spiro atoms. The van der Waals surface area contributed by atoms with Crippen LogP contribution in [0, 0.1) is 11.8 Å². The smallest absolute Gasteiger partial charge is 0.293 e. The summed E-state index contributed by atoms with van der Waals surface area (Å²) in [5, 5.41) is 3.12. The van der Waals surface area contributed by atoms with E-state index in [-0.39, 0.29) is 5.91 Å². The summed E-state index contributed by atoms with van der Waals surface area (Å²) in [5.74, 6) is 1.38. The normalized spacial score (nSPS) is 24.7. The average molecular weight is 469 g/mol. The van der Waals surface area contributed by atoms with E-state index in [0.29, 0.717) is 43.4 Å². The minimum absolute atomic E-state index is 0.208. The Balaban J connectivity index is 1.15. The minimum atomic E-state index is 0.208. The van der Waals surface area contributed by atoms with Crippen molar-refractivity contribution in [1.82, 2.24) is 10.2 Å². The zero-order valence-electron chi connectivity index (χ0n) is 20.8. The molecule has 0 radical (unpaired) electrons. The number of carbonyl (C=O) groups is 2. The number of carbonyl (C=O) groups excluding carboxylic acids is 2. The van der Waals surface area contributed by atoms with E-state index in [2.05, 4.69) is 58.8 Å². The highest BCUT2D eigenvalue weighted by molar-refractivity contribution is 5.75. The molecule has 2 aliphatic carbocycles. The maximum Gasteiger partial charge on any atom is 0.293 e. The summed E-state index contributed by atoms with van der Waals surface area (Å²) < 4.78 is 4.69. The van der Waals surface area contributed by atoms with E-state index in [1.165, 1.54) is 32.1 Å². The zero-order valence-corrected chi connectivity index (χ0v) is 20.8. The summed E-state index contributed by atoms with van der Waals surface area (Å²) in [6, 6.07) is 1.01. The molecule has 0 saturated carbocycles. The lowest BCUT2D eigenvalue weighted by Crippen LogP contribution is -2.37. The molecule has 1 fully saturated rings. The van der Waals surface area contributed by atoms with Gasteiger partial charge in [0.1, 0.15) is 0 Å². The van der Waals surface area contributed by atoms with Gasteiger partial charge < -0.3 is 10.1 Å². The van der Waals surface area contributed by atoms with Crippen molar-refractivity contribution in [3.05, 3.63) is 48.6 Å². The SMILES string of the molecule is O=COCCCCCCCCCCCC(=O)NCCCCN1C2C=CC=CC2C2C=CC=CC21. The summed E-state index contributed by atoms with van der Waals surface area (Å²) in [6.07, 6.45) is 31.5. The van der Waals surface area contributed by atoms with Crippen molar-refractivity contribution >= 4 is 12.4 Å². The number of likely N-dealkylation sites (tertiary alicyclic amines) is 1. The van der Waals surface area contributed by atoms with E-state index in [1.54, 1.807) is 0 Å². The lowest BCUT2D eigenvalue weighted by atomic mass is 9.83. The molecule has 0 aromatic carbocycles. The number of nitrogens with zero attached hydrogens (tertiary/aromatic N) is 1. The Hall–Kier alpha value is -2.14. The molecular formula is C29H44N2O3. The van der Waals surface area contributed by atoms with Crippen LogP contribution in [0.3, 0.4) is 0 Å². The average Bonchev–Trinajstić information content (AvgIpc) is 3.18. The molecular weight excluding hydrogens is 424 g/mol. The molecule has 1 heterocycles. The number of fused-ring (bicyclic) bond motifs is 3. The molecule has 1 saturated heterocycles. The van der Waals surface area contributed by atoms with Gasteiger partial charge in [-0.1, -0.05) is 93.6 Å². The molecule has 4 atom stereocenters. The predicted molar refractivity (Wildman–Crippen MR) is 138 cm³/mol. The van der Waals surface area contributed by atoms with Crippen LogP contribution in [0.15, 0.2) is 48.6 Å². The summed E-state index contributed by atoms with van der Waals surface area (Å²) in [5.41, 5.74) is 0. The Morgan fingerprint density at radius 1 is 0.735 bits per heavy atom. The lowest BCUT2D eigenvalue weighted by Gasteiger charge is -2.29. The van der Waals surface area contributed by atoms with E-state index in [4.69, 9.17) is 4.74 Å². The van der Waals surface area contributed by atoms with Gasteiger partial charge in [0.2, 0.25) is 5.91 Å². The topological polar surface area (TPSA) is 58.6 Å².